The summed E-state index contributed by atoms with van der Waals surface area (Å²) in [7, 11) is 0. The fourth-order valence-corrected chi connectivity index (χ4v) is 4.21. The summed E-state index contributed by atoms with van der Waals surface area (Å²) in [6.07, 6.45) is 0. The Hall–Kier alpha value is -0.497. The van der Waals surface area contributed by atoms with Gasteiger partial charge in [0.25, 0.3) is 0 Å². The largest absolute Gasteiger partial charge is 2.00 e. The monoisotopic (exact) mass is 678 g/mol. The molecule has 39 heavy (non-hydrogen) atoms. The number of halogens is 3. The average Bonchev–Trinajstić information content (AvgIpc) is 3.52. The number of hydrogen-bond donors (Lipinski definition) is 0. The van der Waals surface area contributed by atoms with E-state index in [0.29, 0.717) is 0 Å². The Morgan fingerprint density at radius 2 is 0.564 bits per heavy atom. The summed E-state index contributed by atoms with van der Waals surface area (Å²) in [5.74, 6) is 0. The van der Waals surface area contributed by atoms with E-state index < -0.39 is 0 Å². The summed E-state index contributed by atoms with van der Waals surface area (Å²) >= 11 is 0. The van der Waals surface area contributed by atoms with E-state index in [9.17, 15) is 0 Å². The van der Waals surface area contributed by atoms with Crippen LogP contribution in [0.25, 0.3) is 32.3 Å². The predicted octanol–water partition coefficient (Wildman–Crippen LogP) is 0.531. The van der Waals surface area contributed by atoms with E-state index in [0.717, 1.165) is 0 Å². The molecule has 0 atom stereocenters. The van der Waals surface area contributed by atoms with Gasteiger partial charge in [0, 0.05) is 0 Å². The van der Waals surface area contributed by atoms with Gasteiger partial charge in [0.1, 0.15) is 0 Å². The fourth-order valence-electron chi connectivity index (χ4n) is 4.21. The van der Waals surface area contributed by atoms with Crippen LogP contribution >= 0.6 is 0 Å². The molecule has 6 rings (SSSR count). The molecule has 0 aliphatic rings. The first-order chi connectivity index (χ1) is 15.8. The van der Waals surface area contributed by atoms with Crippen molar-refractivity contribution in [2.24, 2.45) is 0 Å². The third-order valence-corrected chi connectivity index (χ3v) is 6.75. The quantitative estimate of drug-likeness (QED) is 0.163. The summed E-state index contributed by atoms with van der Waals surface area (Å²) in [5.41, 5.74) is 8.27. The second-order valence-electron chi connectivity index (χ2n) is 9.27. The van der Waals surface area contributed by atoms with Crippen LogP contribution in [0.3, 0.4) is 0 Å². The smallest absolute Gasteiger partial charge is 1.00 e. The summed E-state index contributed by atoms with van der Waals surface area (Å²) in [4.78, 5) is 0. The average molecular weight is 680 g/mol. The zero-order valence-corrected chi connectivity index (χ0v) is 30.2. The molecule has 6 aromatic carbocycles. The molecule has 0 bridgehead atoms. The Morgan fingerprint density at radius 1 is 0.359 bits per heavy atom. The van der Waals surface area contributed by atoms with E-state index in [1.165, 1.54) is 65.7 Å². The SMILES string of the molecule is Cc1cc2cc[cH-]c2cc1C.Cc1cc2cc[cH-]c2cc1C.Cc1cc2cc[cH-]c2cc1C.[Cl-].[Cl-].[Cl-].[Ti+2].[Ti+2].[Ti+2]. The predicted molar refractivity (Wildman–Crippen MR) is 147 cm³/mol. The van der Waals surface area contributed by atoms with Crippen molar-refractivity contribution >= 4 is 32.3 Å². The molecule has 0 amide bonds. The van der Waals surface area contributed by atoms with Crippen LogP contribution < -0.4 is 37.2 Å². The van der Waals surface area contributed by atoms with Crippen molar-refractivity contribution in [2.75, 3.05) is 0 Å². The molecule has 0 aliphatic heterocycles. The van der Waals surface area contributed by atoms with Crippen LogP contribution in [0.2, 0.25) is 0 Å². The van der Waals surface area contributed by atoms with Gasteiger partial charge in [-0.2, -0.15) is 36.4 Å². The van der Waals surface area contributed by atoms with E-state index in [-0.39, 0.29) is 102 Å². The van der Waals surface area contributed by atoms with E-state index in [2.05, 4.69) is 133 Å². The van der Waals surface area contributed by atoms with Crippen LogP contribution in [0.5, 0.6) is 0 Å². The van der Waals surface area contributed by atoms with Gasteiger partial charge in [-0.15, -0.1) is 86.9 Å². The maximum Gasteiger partial charge on any atom is 2.00 e. The zero-order valence-electron chi connectivity index (χ0n) is 23.3. The van der Waals surface area contributed by atoms with Crippen molar-refractivity contribution in [3.8, 4) is 0 Å². The molecule has 0 saturated carbocycles. The fraction of sp³-hybridized carbons (Fsp3) is 0.182. The topological polar surface area (TPSA) is 0 Å². The van der Waals surface area contributed by atoms with E-state index >= 15 is 0 Å². The van der Waals surface area contributed by atoms with Crippen LogP contribution in [-0.4, -0.2) is 0 Å². The van der Waals surface area contributed by atoms with Gasteiger partial charge in [-0.05, 0) is 41.5 Å². The molecule has 198 valence electrons. The van der Waals surface area contributed by atoms with Gasteiger partial charge in [0.15, 0.2) is 0 Å². The van der Waals surface area contributed by atoms with Crippen molar-refractivity contribution in [2.45, 2.75) is 41.5 Å². The van der Waals surface area contributed by atoms with Gasteiger partial charge >= 0.3 is 65.2 Å². The maximum absolute atomic E-state index is 2.24. The minimum Gasteiger partial charge on any atom is -1.00 e. The number of fused-ring (bicyclic) bond motifs is 3. The number of rotatable bonds is 0. The molecule has 0 saturated heterocycles. The van der Waals surface area contributed by atoms with Gasteiger partial charge in [-0.1, -0.05) is 33.4 Å². The third-order valence-electron chi connectivity index (χ3n) is 6.75. The number of aryl methyl sites for hydroxylation is 6. The van der Waals surface area contributed by atoms with E-state index in [1.54, 1.807) is 0 Å². The van der Waals surface area contributed by atoms with Gasteiger partial charge in [-0.25, -0.2) is 0 Å². The second-order valence-corrected chi connectivity index (χ2v) is 9.27. The molecule has 0 aliphatic carbocycles. The molecular formula is C33H33Cl3Ti3. The minimum atomic E-state index is 0. The molecule has 0 heterocycles. The molecular weight excluding hydrogens is 646 g/mol. The molecule has 0 unspecified atom stereocenters. The van der Waals surface area contributed by atoms with Crippen molar-refractivity contribution in [1.29, 1.82) is 0 Å². The third kappa shape index (κ3) is 11.0. The first-order valence-electron chi connectivity index (χ1n) is 11.7. The second kappa shape index (κ2) is 19.6. The number of benzene rings is 3. The molecule has 0 fully saturated rings. The molecule has 6 aromatic rings. The van der Waals surface area contributed by atoms with Crippen LogP contribution in [0, 0.1) is 41.5 Å². The van der Waals surface area contributed by atoms with Crippen LogP contribution in [-0.2, 0) is 65.2 Å². The molecule has 0 nitrogen and oxygen atoms in total. The summed E-state index contributed by atoms with van der Waals surface area (Å²) in [6, 6.07) is 32.7. The maximum atomic E-state index is 2.24. The van der Waals surface area contributed by atoms with Crippen molar-refractivity contribution < 1.29 is 102 Å². The Morgan fingerprint density at radius 3 is 0.795 bits per heavy atom. The normalized spacial score (nSPS) is 9.08. The van der Waals surface area contributed by atoms with Gasteiger partial charge in [-0.3, -0.25) is 0 Å². The Balaban J connectivity index is -0.000000463. The number of hydrogen-bond acceptors (Lipinski definition) is 0. The van der Waals surface area contributed by atoms with Crippen LogP contribution in [0.4, 0.5) is 0 Å². The van der Waals surface area contributed by atoms with E-state index in [1.807, 2.05) is 0 Å². The Kier molecular flexibility index (Phi) is 21.6. The molecule has 0 spiro atoms. The standard InChI is InChI=1S/3C11H11.3ClH.3Ti/c3*1-8-6-10-4-3-5-11(10)7-9(8)2;;;;;;/h3*3-7H,1-2H3;3*1H;;;/q3*-1;;;;3*+2/p-3. The van der Waals surface area contributed by atoms with E-state index in [4.69, 9.17) is 0 Å². The zero-order chi connectivity index (χ0) is 23.5. The van der Waals surface area contributed by atoms with Crippen molar-refractivity contribution in [3.63, 3.8) is 0 Å². The molecule has 0 radical (unpaired) electrons. The first-order valence-corrected chi connectivity index (χ1v) is 11.7. The van der Waals surface area contributed by atoms with Gasteiger partial charge in [0.2, 0.25) is 0 Å². The Bertz CT molecular complexity index is 1250. The first kappa shape index (κ1) is 43.0. The minimum absolute atomic E-state index is 0. The van der Waals surface area contributed by atoms with Gasteiger partial charge < -0.3 is 37.2 Å². The van der Waals surface area contributed by atoms with Crippen molar-refractivity contribution in [3.05, 3.63) is 124 Å². The van der Waals surface area contributed by atoms with Crippen LogP contribution in [0.15, 0.2) is 91.0 Å². The summed E-state index contributed by atoms with van der Waals surface area (Å²) < 4.78 is 0. The van der Waals surface area contributed by atoms with Crippen molar-refractivity contribution in [1.82, 2.24) is 0 Å². The molecule has 0 N–H and O–H groups in total. The van der Waals surface area contributed by atoms with Crippen LogP contribution in [0.1, 0.15) is 33.4 Å². The summed E-state index contributed by atoms with van der Waals surface area (Å²) in [6.45, 7) is 12.9. The summed E-state index contributed by atoms with van der Waals surface area (Å²) in [5, 5.41) is 8.13. The molecule has 6 heteroatoms. The molecule has 0 aromatic heterocycles. The Labute approximate surface area is 297 Å². The van der Waals surface area contributed by atoms with Gasteiger partial charge in [0.05, 0.1) is 0 Å².